The first-order valence-electron chi connectivity index (χ1n) is 6.29. The van der Waals surface area contributed by atoms with Gasteiger partial charge in [-0.1, -0.05) is 6.92 Å². The molecule has 0 unspecified atom stereocenters. The summed E-state index contributed by atoms with van der Waals surface area (Å²) in [5, 5.41) is 2.30. The second-order valence-electron chi connectivity index (χ2n) is 4.56. The molecule has 0 saturated carbocycles. The van der Waals surface area contributed by atoms with Crippen LogP contribution >= 0.6 is 0 Å². The number of nitrogens with zero attached hydrogens (tertiary/aromatic N) is 2. The van der Waals surface area contributed by atoms with Gasteiger partial charge in [-0.05, 0) is 6.42 Å². The van der Waals surface area contributed by atoms with Crippen molar-refractivity contribution in [1.82, 2.24) is 14.5 Å². The van der Waals surface area contributed by atoms with Gasteiger partial charge in [0.25, 0.3) is 5.91 Å². The maximum Gasteiger partial charge on any atom is 0.292 e. The van der Waals surface area contributed by atoms with Gasteiger partial charge in [0.15, 0.2) is 0 Å². The molecular formula is C11H19N3O5S. The minimum absolute atomic E-state index is 0.176. The molecule has 1 atom stereocenters. The van der Waals surface area contributed by atoms with E-state index in [2.05, 4.69) is 5.32 Å². The summed E-state index contributed by atoms with van der Waals surface area (Å²) < 4.78 is 24.0. The zero-order valence-corrected chi connectivity index (χ0v) is 12.4. The van der Waals surface area contributed by atoms with Crippen molar-refractivity contribution in [3.63, 3.8) is 0 Å². The van der Waals surface area contributed by atoms with Crippen LogP contribution in [0.25, 0.3) is 0 Å². The molecule has 1 heterocycles. The molecule has 1 rings (SSSR count). The van der Waals surface area contributed by atoms with Gasteiger partial charge in [0, 0.05) is 26.2 Å². The van der Waals surface area contributed by atoms with E-state index in [1.807, 2.05) is 0 Å². The van der Waals surface area contributed by atoms with Crippen LogP contribution in [0.15, 0.2) is 0 Å². The zero-order valence-electron chi connectivity index (χ0n) is 11.5. The fraction of sp³-hybridized carbons (Fsp3) is 0.727. The Morgan fingerprint density at radius 2 is 1.80 bits per heavy atom. The smallest absolute Gasteiger partial charge is 0.292 e. The molecule has 0 aliphatic carbocycles. The number of amides is 2. The van der Waals surface area contributed by atoms with Gasteiger partial charge in [-0.25, -0.2) is 8.42 Å². The molecule has 1 fully saturated rings. The lowest BCUT2D eigenvalue weighted by Gasteiger charge is -2.33. The van der Waals surface area contributed by atoms with Gasteiger partial charge in [-0.15, -0.1) is 0 Å². The Labute approximate surface area is 118 Å². The van der Waals surface area contributed by atoms with Crippen molar-refractivity contribution >= 4 is 28.1 Å². The molecule has 0 aromatic heterocycles. The molecule has 114 valence electrons. The van der Waals surface area contributed by atoms with Crippen LogP contribution in [-0.4, -0.2) is 74.2 Å². The average molecular weight is 305 g/mol. The van der Waals surface area contributed by atoms with E-state index in [0.717, 1.165) is 6.26 Å². The first kappa shape index (κ1) is 16.6. The number of nitrogens with one attached hydrogen (secondary N) is 1. The molecule has 1 aliphatic heterocycles. The summed E-state index contributed by atoms with van der Waals surface area (Å²) >= 11 is 0. The van der Waals surface area contributed by atoms with E-state index in [9.17, 15) is 22.8 Å². The van der Waals surface area contributed by atoms with Crippen molar-refractivity contribution in [2.75, 3.05) is 32.4 Å². The molecule has 0 aromatic carbocycles. The summed E-state index contributed by atoms with van der Waals surface area (Å²) in [6, 6.07) is -0.826. The lowest BCUT2D eigenvalue weighted by molar-refractivity contribution is -0.146. The van der Waals surface area contributed by atoms with E-state index in [0.29, 0.717) is 12.8 Å². The molecule has 9 heteroatoms. The highest BCUT2D eigenvalue weighted by atomic mass is 32.2. The number of hydrogen-bond acceptors (Lipinski definition) is 5. The molecule has 0 aromatic rings. The minimum atomic E-state index is -3.27. The van der Waals surface area contributed by atoms with E-state index in [1.54, 1.807) is 6.92 Å². The Hall–Kier alpha value is -1.48. The highest BCUT2D eigenvalue weighted by Crippen LogP contribution is 2.07. The standard InChI is InChI=1S/C11H19N3O5S/c1-3-9(12-8-15)10(16)11(17)13-4-6-14(7-5-13)20(2,18)19/h8-9H,3-7H2,1-2H3,(H,12,15)/t9-/m0/s1. The maximum absolute atomic E-state index is 12.0. The zero-order chi connectivity index (χ0) is 15.3. The average Bonchev–Trinajstić information content (AvgIpc) is 2.42. The molecule has 8 nitrogen and oxygen atoms in total. The summed E-state index contributed by atoms with van der Waals surface area (Å²) in [7, 11) is -3.27. The van der Waals surface area contributed by atoms with Gasteiger partial charge >= 0.3 is 0 Å². The predicted octanol–water partition coefficient (Wildman–Crippen LogP) is -1.82. The van der Waals surface area contributed by atoms with Crippen LogP contribution in [0.4, 0.5) is 0 Å². The fourth-order valence-electron chi connectivity index (χ4n) is 1.99. The molecule has 0 bridgehead atoms. The van der Waals surface area contributed by atoms with Crippen LogP contribution in [0.1, 0.15) is 13.3 Å². The first-order valence-corrected chi connectivity index (χ1v) is 8.14. The van der Waals surface area contributed by atoms with E-state index in [1.165, 1.54) is 9.21 Å². The van der Waals surface area contributed by atoms with Crippen molar-refractivity contribution in [2.45, 2.75) is 19.4 Å². The summed E-state index contributed by atoms with van der Waals surface area (Å²) in [5.41, 5.74) is 0. The number of carbonyl (C=O) groups is 3. The number of rotatable bonds is 6. The summed E-state index contributed by atoms with van der Waals surface area (Å²) in [6.45, 7) is 2.39. The lowest BCUT2D eigenvalue weighted by atomic mass is 10.1. The number of piperazine rings is 1. The molecule has 1 aliphatic rings. The van der Waals surface area contributed by atoms with Gasteiger partial charge in [0.2, 0.25) is 22.2 Å². The topological polar surface area (TPSA) is 104 Å². The molecule has 2 amide bonds. The highest BCUT2D eigenvalue weighted by Gasteiger charge is 2.32. The third-order valence-electron chi connectivity index (χ3n) is 3.20. The molecule has 20 heavy (non-hydrogen) atoms. The number of sulfonamides is 1. The number of hydrogen-bond donors (Lipinski definition) is 1. The van der Waals surface area contributed by atoms with Crippen LogP contribution in [0.5, 0.6) is 0 Å². The second kappa shape index (κ2) is 6.80. The van der Waals surface area contributed by atoms with Crippen molar-refractivity contribution in [3.05, 3.63) is 0 Å². The van der Waals surface area contributed by atoms with Crippen LogP contribution in [0, 0.1) is 0 Å². The summed E-state index contributed by atoms with van der Waals surface area (Å²) in [4.78, 5) is 35.6. The lowest BCUT2D eigenvalue weighted by Crippen LogP contribution is -2.54. The van der Waals surface area contributed by atoms with Crippen molar-refractivity contribution in [2.24, 2.45) is 0 Å². The van der Waals surface area contributed by atoms with Crippen LogP contribution in [-0.2, 0) is 24.4 Å². The largest absolute Gasteiger partial charge is 0.348 e. The molecule has 0 spiro atoms. The second-order valence-corrected chi connectivity index (χ2v) is 6.55. The van der Waals surface area contributed by atoms with E-state index in [-0.39, 0.29) is 26.2 Å². The van der Waals surface area contributed by atoms with Crippen LogP contribution < -0.4 is 5.32 Å². The normalized spacial score (nSPS) is 18.4. The van der Waals surface area contributed by atoms with Crippen molar-refractivity contribution in [3.8, 4) is 0 Å². The number of Topliss-reactive ketones (excluding diaryl/α,β-unsaturated/α-hetero) is 1. The van der Waals surface area contributed by atoms with Crippen molar-refractivity contribution in [1.29, 1.82) is 0 Å². The first-order chi connectivity index (χ1) is 9.31. The Morgan fingerprint density at radius 1 is 1.25 bits per heavy atom. The van der Waals surface area contributed by atoms with E-state index >= 15 is 0 Å². The van der Waals surface area contributed by atoms with Gasteiger partial charge in [-0.2, -0.15) is 4.31 Å². The fourth-order valence-corrected chi connectivity index (χ4v) is 2.82. The third-order valence-corrected chi connectivity index (χ3v) is 4.50. The summed E-state index contributed by atoms with van der Waals surface area (Å²) in [5.74, 6) is -1.35. The Kier molecular flexibility index (Phi) is 5.63. The van der Waals surface area contributed by atoms with Crippen LogP contribution in [0.3, 0.4) is 0 Å². The predicted molar refractivity (Wildman–Crippen MR) is 71.3 cm³/mol. The third kappa shape index (κ3) is 4.01. The van der Waals surface area contributed by atoms with Crippen molar-refractivity contribution < 1.29 is 22.8 Å². The SMILES string of the molecule is CC[C@H](NC=O)C(=O)C(=O)N1CCN(S(C)(=O)=O)CC1. The minimum Gasteiger partial charge on any atom is -0.348 e. The van der Waals surface area contributed by atoms with Gasteiger partial charge in [0.05, 0.1) is 12.3 Å². The van der Waals surface area contributed by atoms with E-state index < -0.39 is 27.8 Å². The number of ketones is 1. The van der Waals surface area contributed by atoms with Gasteiger partial charge in [-0.3, -0.25) is 14.4 Å². The summed E-state index contributed by atoms with van der Waals surface area (Å²) in [6.07, 6.45) is 1.82. The van der Waals surface area contributed by atoms with E-state index in [4.69, 9.17) is 0 Å². The molecular weight excluding hydrogens is 286 g/mol. The monoisotopic (exact) mass is 305 g/mol. The molecule has 0 radical (unpaired) electrons. The van der Waals surface area contributed by atoms with Gasteiger partial charge < -0.3 is 10.2 Å². The maximum atomic E-state index is 12.0. The quantitative estimate of drug-likeness (QED) is 0.460. The molecule has 1 N–H and O–H groups in total. The Bertz CT molecular complexity index is 482. The van der Waals surface area contributed by atoms with Crippen LogP contribution in [0.2, 0.25) is 0 Å². The highest BCUT2D eigenvalue weighted by molar-refractivity contribution is 7.88. The van der Waals surface area contributed by atoms with Gasteiger partial charge in [0.1, 0.15) is 0 Å². The molecule has 1 saturated heterocycles. The Balaban J connectivity index is 2.62. The number of carbonyl (C=O) groups excluding carboxylic acids is 3. The Morgan fingerprint density at radius 3 is 2.20 bits per heavy atom.